The van der Waals surface area contributed by atoms with Gasteiger partial charge in [0.2, 0.25) is 15.9 Å². The normalized spacial score (nSPS) is 11.1. The molecule has 2 rings (SSSR count). The van der Waals surface area contributed by atoms with E-state index in [9.17, 15) is 8.42 Å². The first kappa shape index (κ1) is 14.3. The van der Waals surface area contributed by atoms with Crippen molar-refractivity contribution in [3.8, 4) is 17.1 Å². The minimum atomic E-state index is -3.26. The third-order valence-electron chi connectivity index (χ3n) is 2.42. The molecule has 0 saturated carbocycles. The molecule has 1 heterocycles. The fourth-order valence-corrected chi connectivity index (χ4v) is 2.19. The standard InChI is InChI=1S/C13H15N3O3S/c1-3-19-13-9-8-12(14-15-13)10-4-6-11(7-5-10)16-20(2,17)18/h4-9,16H,3H2,1-2H3. The second-order valence-electron chi connectivity index (χ2n) is 4.14. The molecule has 0 aliphatic heterocycles. The molecular formula is C13H15N3O3S. The molecule has 0 saturated heterocycles. The van der Waals surface area contributed by atoms with Crippen LogP contribution >= 0.6 is 0 Å². The number of ether oxygens (including phenoxy) is 1. The van der Waals surface area contributed by atoms with E-state index in [1.165, 1.54) is 0 Å². The lowest BCUT2D eigenvalue weighted by molar-refractivity contribution is 0.323. The monoisotopic (exact) mass is 293 g/mol. The maximum absolute atomic E-state index is 11.1. The third kappa shape index (κ3) is 3.92. The van der Waals surface area contributed by atoms with Crippen LogP contribution in [-0.4, -0.2) is 31.5 Å². The van der Waals surface area contributed by atoms with Crippen molar-refractivity contribution in [2.75, 3.05) is 17.6 Å². The van der Waals surface area contributed by atoms with E-state index < -0.39 is 10.0 Å². The molecule has 0 amide bonds. The predicted octanol–water partition coefficient (Wildman–Crippen LogP) is 1.91. The van der Waals surface area contributed by atoms with Gasteiger partial charge in [0.15, 0.2) is 0 Å². The fourth-order valence-electron chi connectivity index (χ4n) is 1.62. The lowest BCUT2D eigenvalue weighted by Crippen LogP contribution is -2.09. The van der Waals surface area contributed by atoms with Gasteiger partial charge in [-0.3, -0.25) is 4.72 Å². The van der Waals surface area contributed by atoms with Crippen molar-refractivity contribution in [2.24, 2.45) is 0 Å². The van der Waals surface area contributed by atoms with E-state index in [1.807, 2.05) is 6.92 Å². The summed E-state index contributed by atoms with van der Waals surface area (Å²) in [5.41, 5.74) is 2.05. The van der Waals surface area contributed by atoms with Crippen molar-refractivity contribution >= 4 is 15.7 Å². The van der Waals surface area contributed by atoms with Crippen LogP contribution in [0.4, 0.5) is 5.69 Å². The van der Waals surface area contributed by atoms with E-state index in [4.69, 9.17) is 4.74 Å². The molecule has 0 radical (unpaired) electrons. The molecule has 0 unspecified atom stereocenters. The molecule has 7 heteroatoms. The Morgan fingerprint density at radius 2 is 1.80 bits per heavy atom. The number of sulfonamides is 1. The lowest BCUT2D eigenvalue weighted by atomic mass is 10.1. The highest BCUT2D eigenvalue weighted by Gasteiger charge is 2.04. The van der Waals surface area contributed by atoms with Crippen molar-refractivity contribution in [1.29, 1.82) is 0 Å². The Hall–Kier alpha value is -2.15. The number of nitrogens with zero attached hydrogens (tertiary/aromatic N) is 2. The molecule has 2 aromatic rings. The second kappa shape index (κ2) is 5.87. The molecule has 0 aliphatic rings. The Morgan fingerprint density at radius 3 is 2.30 bits per heavy atom. The summed E-state index contributed by atoms with van der Waals surface area (Å²) in [6.45, 7) is 2.42. The van der Waals surface area contributed by atoms with Gasteiger partial charge in [0.05, 0.1) is 18.6 Å². The zero-order valence-corrected chi connectivity index (χ0v) is 12.0. The van der Waals surface area contributed by atoms with Gasteiger partial charge in [0.1, 0.15) is 0 Å². The molecule has 0 aliphatic carbocycles. The van der Waals surface area contributed by atoms with Crippen LogP contribution in [-0.2, 0) is 10.0 Å². The van der Waals surface area contributed by atoms with E-state index in [0.717, 1.165) is 11.8 Å². The average molecular weight is 293 g/mol. The van der Waals surface area contributed by atoms with Gasteiger partial charge in [-0.25, -0.2) is 8.42 Å². The fraction of sp³-hybridized carbons (Fsp3) is 0.231. The molecule has 20 heavy (non-hydrogen) atoms. The number of anilines is 1. The number of nitrogens with one attached hydrogen (secondary N) is 1. The summed E-state index contributed by atoms with van der Waals surface area (Å²) < 4.78 is 29.8. The zero-order chi connectivity index (χ0) is 14.6. The van der Waals surface area contributed by atoms with E-state index in [0.29, 0.717) is 23.9 Å². The van der Waals surface area contributed by atoms with Gasteiger partial charge in [0.25, 0.3) is 0 Å². The van der Waals surface area contributed by atoms with E-state index in [2.05, 4.69) is 14.9 Å². The van der Waals surface area contributed by atoms with Crippen LogP contribution < -0.4 is 9.46 Å². The Balaban J connectivity index is 2.17. The van der Waals surface area contributed by atoms with Crippen molar-refractivity contribution in [1.82, 2.24) is 10.2 Å². The van der Waals surface area contributed by atoms with Gasteiger partial charge in [-0.05, 0) is 25.1 Å². The summed E-state index contributed by atoms with van der Waals surface area (Å²) in [6.07, 6.45) is 1.11. The Bertz CT molecular complexity index is 667. The SMILES string of the molecule is CCOc1ccc(-c2ccc(NS(C)(=O)=O)cc2)nn1. The third-order valence-corrected chi connectivity index (χ3v) is 3.02. The smallest absolute Gasteiger partial charge is 0.233 e. The minimum absolute atomic E-state index is 0.478. The van der Waals surface area contributed by atoms with Gasteiger partial charge in [0, 0.05) is 17.3 Å². The molecule has 0 bridgehead atoms. The topological polar surface area (TPSA) is 81.2 Å². The molecule has 106 valence electrons. The van der Waals surface area contributed by atoms with Gasteiger partial charge in [-0.2, -0.15) is 0 Å². The van der Waals surface area contributed by atoms with E-state index >= 15 is 0 Å². The highest BCUT2D eigenvalue weighted by atomic mass is 32.2. The first-order valence-corrected chi connectivity index (χ1v) is 7.92. The molecule has 1 aromatic heterocycles. The maximum atomic E-state index is 11.1. The van der Waals surface area contributed by atoms with Crippen LogP contribution in [0.3, 0.4) is 0 Å². The first-order valence-electron chi connectivity index (χ1n) is 6.02. The van der Waals surface area contributed by atoms with E-state index in [-0.39, 0.29) is 0 Å². The summed E-state index contributed by atoms with van der Waals surface area (Å²) in [5, 5.41) is 8.00. The molecule has 1 N–H and O–H groups in total. The highest BCUT2D eigenvalue weighted by Crippen LogP contribution is 2.20. The van der Waals surface area contributed by atoms with Gasteiger partial charge < -0.3 is 4.74 Å². The van der Waals surface area contributed by atoms with Crippen LogP contribution in [0.15, 0.2) is 36.4 Å². The number of benzene rings is 1. The van der Waals surface area contributed by atoms with E-state index in [1.54, 1.807) is 36.4 Å². The zero-order valence-electron chi connectivity index (χ0n) is 11.2. The molecule has 0 fully saturated rings. The Kier molecular flexibility index (Phi) is 4.19. The molecule has 6 nitrogen and oxygen atoms in total. The first-order chi connectivity index (χ1) is 9.48. The van der Waals surface area contributed by atoms with Crippen LogP contribution in [0.2, 0.25) is 0 Å². The van der Waals surface area contributed by atoms with Crippen molar-refractivity contribution in [3.05, 3.63) is 36.4 Å². The Labute approximate surface area is 117 Å². The molecule has 0 atom stereocenters. The Morgan fingerprint density at radius 1 is 1.10 bits per heavy atom. The molecule has 0 spiro atoms. The quantitative estimate of drug-likeness (QED) is 0.910. The minimum Gasteiger partial charge on any atom is -0.477 e. The van der Waals surface area contributed by atoms with Crippen LogP contribution in [0.25, 0.3) is 11.3 Å². The van der Waals surface area contributed by atoms with Crippen molar-refractivity contribution in [2.45, 2.75) is 6.92 Å². The summed E-state index contributed by atoms with van der Waals surface area (Å²) in [6, 6.07) is 10.4. The van der Waals surface area contributed by atoms with Crippen LogP contribution in [0, 0.1) is 0 Å². The average Bonchev–Trinajstić information content (AvgIpc) is 2.39. The lowest BCUT2D eigenvalue weighted by Gasteiger charge is -2.05. The summed E-state index contributed by atoms with van der Waals surface area (Å²) in [4.78, 5) is 0. The van der Waals surface area contributed by atoms with Crippen LogP contribution in [0.5, 0.6) is 5.88 Å². The van der Waals surface area contributed by atoms with Gasteiger partial charge >= 0.3 is 0 Å². The number of hydrogen-bond acceptors (Lipinski definition) is 5. The number of rotatable bonds is 5. The van der Waals surface area contributed by atoms with Gasteiger partial charge in [-0.1, -0.05) is 12.1 Å². The molecular weight excluding hydrogens is 278 g/mol. The summed E-state index contributed by atoms with van der Waals surface area (Å²) >= 11 is 0. The number of aromatic nitrogens is 2. The highest BCUT2D eigenvalue weighted by molar-refractivity contribution is 7.92. The maximum Gasteiger partial charge on any atom is 0.233 e. The molecule has 1 aromatic carbocycles. The van der Waals surface area contributed by atoms with Crippen molar-refractivity contribution in [3.63, 3.8) is 0 Å². The predicted molar refractivity (Wildman–Crippen MR) is 77.1 cm³/mol. The van der Waals surface area contributed by atoms with Crippen LogP contribution in [0.1, 0.15) is 6.92 Å². The number of hydrogen-bond donors (Lipinski definition) is 1. The summed E-state index contributed by atoms with van der Waals surface area (Å²) in [7, 11) is -3.26. The van der Waals surface area contributed by atoms with Crippen molar-refractivity contribution < 1.29 is 13.2 Å². The van der Waals surface area contributed by atoms with Gasteiger partial charge in [-0.15, -0.1) is 10.2 Å². The second-order valence-corrected chi connectivity index (χ2v) is 5.89. The largest absolute Gasteiger partial charge is 0.477 e. The summed E-state index contributed by atoms with van der Waals surface area (Å²) in [5.74, 6) is 0.478.